The Morgan fingerprint density at radius 1 is 0.704 bits per heavy atom. The summed E-state index contributed by atoms with van der Waals surface area (Å²) in [6.07, 6.45) is 1.73. The molecule has 9 aromatic rings. The number of phenolic OH excluding ortho intramolecular Hbond substituents is 1. The Kier molecular flexibility index (Phi) is 7.97. The molecule has 0 aliphatic rings. The number of halogens is 1. The predicted octanol–water partition coefficient (Wildman–Crippen LogP) is 12.8. The molecule has 6 heteroatoms. The van der Waals surface area contributed by atoms with Gasteiger partial charge in [-0.3, -0.25) is 9.56 Å². The van der Waals surface area contributed by atoms with Gasteiger partial charge >= 0.3 is 0 Å². The number of hydrogen-bond donors (Lipinski definition) is 1. The van der Waals surface area contributed by atoms with E-state index in [4.69, 9.17) is 14.4 Å². The van der Waals surface area contributed by atoms with Crippen LogP contribution in [0.15, 0.2) is 161 Å². The van der Waals surface area contributed by atoms with Gasteiger partial charge in [0.25, 0.3) is 0 Å². The van der Waals surface area contributed by atoms with E-state index in [1.807, 2.05) is 84.9 Å². The molecule has 262 valence electrons. The van der Waals surface area contributed by atoms with Crippen molar-refractivity contribution in [1.82, 2.24) is 9.55 Å². The quantitative estimate of drug-likeness (QED) is 0.175. The van der Waals surface area contributed by atoms with Gasteiger partial charge in [-0.1, -0.05) is 106 Å². The van der Waals surface area contributed by atoms with Gasteiger partial charge in [-0.05, 0) is 88.8 Å². The normalized spacial score (nSPS) is 12.1. The highest BCUT2D eigenvalue weighted by molar-refractivity contribution is 6.17. The molecule has 0 saturated carbocycles. The number of hydrogen-bond acceptors (Lipinski definition) is 4. The zero-order chi connectivity index (χ0) is 37.0. The van der Waals surface area contributed by atoms with Crippen LogP contribution in [0.1, 0.15) is 31.9 Å². The lowest BCUT2D eigenvalue weighted by molar-refractivity contribution is 0.473. The number of imidazole rings is 1. The van der Waals surface area contributed by atoms with Crippen molar-refractivity contribution in [2.45, 2.75) is 26.2 Å². The van der Waals surface area contributed by atoms with Crippen LogP contribution in [-0.4, -0.2) is 20.9 Å². The minimum atomic E-state index is -0.277. The average molecular weight is 706 g/mol. The number of fused-ring (bicyclic) bond motifs is 4. The van der Waals surface area contributed by atoms with Crippen LogP contribution in [0.5, 0.6) is 5.75 Å². The maximum atomic E-state index is 14.0. The van der Waals surface area contributed by atoms with E-state index in [9.17, 15) is 9.50 Å². The monoisotopic (exact) mass is 705 g/mol. The molecule has 2 heterocycles. The van der Waals surface area contributed by atoms with E-state index in [2.05, 4.69) is 73.9 Å². The summed E-state index contributed by atoms with van der Waals surface area (Å²) in [6.45, 7) is 6.45. The summed E-state index contributed by atoms with van der Waals surface area (Å²) in [5.41, 5.74) is 11.1. The molecule has 7 aromatic carbocycles. The van der Waals surface area contributed by atoms with Gasteiger partial charge < -0.3 is 9.52 Å². The highest BCUT2D eigenvalue weighted by Crippen LogP contribution is 2.44. The summed E-state index contributed by atoms with van der Waals surface area (Å²) >= 11 is 0. The Labute approximate surface area is 312 Å². The number of furan rings is 1. The summed E-state index contributed by atoms with van der Waals surface area (Å²) < 4.78 is 22.8. The van der Waals surface area contributed by atoms with Crippen LogP contribution in [-0.2, 0) is 5.41 Å². The second kappa shape index (κ2) is 13.0. The maximum absolute atomic E-state index is 14.0. The van der Waals surface area contributed by atoms with Gasteiger partial charge in [0, 0.05) is 44.9 Å². The Hall–Kier alpha value is -6.79. The number of phenols is 1. The summed E-state index contributed by atoms with van der Waals surface area (Å²) in [5.74, 6) is 0.626. The van der Waals surface area contributed by atoms with Crippen molar-refractivity contribution in [3.63, 3.8) is 0 Å². The van der Waals surface area contributed by atoms with E-state index in [0.717, 1.165) is 83.6 Å². The van der Waals surface area contributed by atoms with Crippen molar-refractivity contribution in [2.75, 3.05) is 0 Å². The molecular weight excluding hydrogens is 670 g/mol. The fraction of sp³-hybridized carbons (Fsp3) is 0.0833. The lowest BCUT2D eigenvalue weighted by atomic mass is 9.86. The molecule has 2 aromatic heterocycles. The Morgan fingerprint density at radius 3 is 2.24 bits per heavy atom. The Morgan fingerprint density at radius 2 is 1.43 bits per heavy atom. The van der Waals surface area contributed by atoms with Gasteiger partial charge in [-0.25, -0.2) is 9.37 Å². The molecule has 0 fully saturated rings. The number of aromatic nitrogens is 2. The van der Waals surface area contributed by atoms with E-state index in [1.54, 1.807) is 12.3 Å². The van der Waals surface area contributed by atoms with Crippen LogP contribution in [0.25, 0.3) is 72.3 Å². The Balaban J connectivity index is 1.27. The van der Waals surface area contributed by atoms with Gasteiger partial charge in [0.2, 0.25) is 0 Å². The largest absolute Gasteiger partial charge is 0.507 e. The van der Waals surface area contributed by atoms with Crippen LogP contribution in [0.3, 0.4) is 0 Å². The molecule has 0 unspecified atom stereocenters. The van der Waals surface area contributed by atoms with Gasteiger partial charge in [0.1, 0.15) is 28.6 Å². The second-order valence-corrected chi connectivity index (χ2v) is 14.5. The SMILES string of the molecule is CC(C)(C)c1ccc(O)c(C=Nc2ccccc2-c2nc3c(-c4ccc(-c5ccc(F)cc5)c5c4oc4ccccc45)cccc3n2-c2ccccc2)c1. The van der Waals surface area contributed by atoms with Crippen molar-refractivity contribution in [3.05, 3.63) is 169 Å². The summed E-state index contributed by atoms with van der Waals surface area (Å²) in [7, 11) is 0. The van der Waals surface area contributed by atoms with Crippen molar-refractivity contribution in [1.29, 1.82) is 0 Å². The molecule has 9 rings (SSSR count). The predicted molar refractivity (Wildman–Crippen MR) is 219 cm³/mol. The zero-order valence-corrected chi connectivity index (χ0v) is 30.1. The molecule has 0 bridgehead atoms. The summed E-state index contributed by atoms with van der Waals surface area (Å²) in [6, 6.07) is 48.9. The fourth-order valence-corrected chi connectivity index (χ4v) is 7.28. The molecule has 5 nitrogen and oxygen atoms in total. The van der Waals surface area contributed by atoms with Crippen LogP contribution in [0.2, 0.25) is 0 Å². The molecule has 0 amide bonds. The molecule has 0 saturated heterocycles. The third-order valence-corrected chi connectivity index (χ3v) is 10.1. The number of aliphatic imine (C=N–C) groups is 1. The van der Waals surface area contributed by atoms with Gasteiger partial charge in [-0.15, -0.1) is 0 Å². The molecular formula is C48H36FN3O2. The number of nitrogens with zero attached hydrogens (tertiary/aromatic N) is 3. The van der Waals surface area contributed by atoms with Crippen molar-refractivity contribution >= 4 is 44.9 Å². The third-order valence-electron chi connectivity index (χ3n) is 10.1. The maximum Gasteiger partial charge on any atom is 0.147 e. The van der Waals surface area contributed by atoms with Gasteiger partial charge in [-0.2, -0.15) is 0 Å². The van der Waals surface area contributed by atoms with Crippen LogP contribution < -0.4 is 0 Å². The van der Waals surface area contributed by atoms with Crippen LogP contribution in [0.4, 0.5) is 10.1 Å². The molecule has 0 spiro atoms. The first-order valence-electron chi connectivity index (χ1n) is 18.0. The van der Waals surface area contributed by atoms with Crippen molar-refractivity contribution in [3.8, 4) is 45.1 Å². The second-order valence-electron chi connectivity index (χ2n) is 14.5. The molecule has 0 aliphatic carbocycles. The van der Waals surface area contributed by atoms with E-state index >= 15 is 0 Å². The van der Waals surface area contributed by atoms with E-state index in [-0.39, 0.29) is 17.0 Å². The van der Waals surface area contributed by atoms with Gasteiger partial charge in [0.15, 0.2) is 0 Å². The molecule has 0 radical (unpaired) electrons. The molecule has 1 N–H and O–H groups in total. The highest BCUT2D eigenvalue weighted by Gasteiger charge is 2.23. The summed E-state index contributed by atoms with van der Waals surface area (Å²) in [4.78, 5) is 10.4. The fourth-order valence-electron chi connectivity index (χ4n) is 7.28. The molecule has 54 heavy (non-hydrogen) atoms. The average Bonchev–Trinajstić information content (AvgIpc) is 3.77. The zero-order valence-electron chi connectivity index (χ0n) is 30.1. The smallest absolute Gasteiger partial charge is 0.147 e. The summed E-state index contributed by atoms with van der Waals surface area (Å²) in [5, 5.41) is 12.7. The highest BCUT2D eigenvalue weighted by atomic mass is 19.1. The lowest BCUT2D eigenvalue weighted by Crippen LogP contribution is -2.11. The topological polar surface area (TPSA) is 63.6 Å². The van der Waals surface area contributed by atoms with Gasteiger partial charge in [0.05, 0.1) is 16.7 Å². The number of benzene rings is 7. The Bertz CT molecular complexity index is 2880. The van der Waals surface area contributed by atoms with Crippen molar-refractivity contribution < 1.29 is 13.9 Å². The third kappa shape index (κ3) is 5.73. The standard InChI is InChI=1S/C48H36FN3O2/c1-48(2,3)32-22-27-42(53)31(28-32)29-50-40-17-9-7-14-38(40)47-51-45-36(16-11-18-41(45)52(47)34-12-5-4-6-13-34)37-26-25-35(30-20-23-33(49)24-21-30)44-39-15-8-10-19-43(39)54-46(37)44/h4-29,53H,1-3H3. The number of rotatable bonds is 6. The van der Waals surface area contributed by atoms with Crippen LogP contribution >= 0.6 is 0 Å². The minimum Gasteiger partial charge on any atom is -0.507 e. The first kappa shape index (κ1) is 33.1. The molecule has 0 aliphatic heterocycles. The van der Waals surface area contributed by atoms with Crippen molar-refractivity contribution in [2.24, 2.45) is 4.99 Å². The first-order chi connectivity index (χ1) is 26.2. The van der Waals surface area contributed by atoms with Crippen LogP contribution in [0, 0.1) is 5.82 Å². The molecule has 0 atom stereocenters. The van der Waals surface area contributed by atoms with E-state index < -0.39 is 0 Å². The number of aromatic hydroxyl groups is 1. The van der Waals surface area contributed by atoms with E-state index in [0.29, 0.717) is 5.56 Å². The number of para-hydroxylation sites is 4. The lowest BCUT2D eigenvalue weighted by Gasteiger charge is -2.19. The first-order valence-corrected chi connectivity index (χ1v) is 18.0. The minimum absolute atomic E-state index is 0.0817. The van der Waals surface area contributed by atoms with E-state index in [1.165, 1.54) is 12.1 Å².